The lowest BCUT2D eigenvalue weighted by Gasteiger charge is -2.37. The first-order valence-electron chi connectivity index (χ1n) is 9.17. The fourth-order valence-electron chi connectivity index (χ4n) is 3.68. The van der Waals surface area contributed by atoms with Crippen molar-refractivity contribution in [3.8, 4) is 0 Å². The van der Waals surface area contributed by atoms with Crippen LogP contribution >= 0.6 is 0 Å². The van der Waals surface area contributed by atoms with Gasteiger partial charge in [-0.3, -0.25) is 0 Å². The van der Waals surface area contributed by atoms with Crippen LogP contribution in [-0.4, -0.2) is 66.8 Å². The third kappa shape index (κ3) is 5.96. The van der Waals surface area contributed by atoms with E-state index in [1.165, 1.54) is 19.5 Å². The lowest BCUT2D eigenvalue weighted by molar-refractivity contribution is 0.0255. The van der Waals surface area contributed by atoms with Crippen LogP contribution in [0.1, 0.15) is 53.4 Å². The molecule has 2 rings (SSSR count). The predicted octanol–water partition coefficient (Wildman–Crippen LogP) is 2.71. The number of piperidine rings is 1. The molecular weight excluding hydrogens is 290 g/mol. The Morgan fingerprint density at radius 1 is 1.13 bits per heavy atom. The Kier molecular flexibility index (Phi) is 6.32. The van der Waals surface area contributed by atoms with E-state index in [1.54, 1.807) is 0 Å². The van der Waals surface area contributed by atoms with Gasteiger partial charge in [0.25, 0.3) is 0 Å². The zero-order valence-electron chi connectivity index (χ0n) is 15.6. The van der Waals surface area contributed by atoms with Crippen molar-refractivity contribution in [3.05, 3.63) is 0 Å². The molecule has 0 radical (unpaired) electrons. The van der Waals surface area contributed by atoms with Gasteiger partial charge in [-0.1, -0.05) is 6.92 Å². The van der Waals surface area contributed by atoms with Crippen LogP contribution in [0.3, 0.4) is 0 Å². The molecule has 2 aliphatic heterocycles. The molecule has 0 aromatic carbocycles. The van der Waals surface area contributed by atoms with Gasteiger partial charge in [0.2, 0.25) is 0 Å². The monoisotopic (exact) mass is 325 g/mol. The highest BCUT2D eigenvalue weighted by atomic mass is 16.6. The summed E-state index contributed by atoms with van der Waals surface area (Å²) in [6, 6.07) is 1.14. The van der Waals surface area contributed by atoms with Crippen LogP contribution in [0.4, 0.5) is 4.79 Å². The molecule has 5 nitrogen and oxygen atoms in total. The molecule has 2 fully saturated rings. The summed E-state index contributed by atoms with van der Waals surface area (Å²) >= 11 is 0. The zero-order valence-corrected chi connectivity index (χ0v) is 15.6. The Bertz CT molecular complexity index is 394. The first-order chi connectivity index (χ1) is 10.7. The van der Waals surface area contributed by atoms with Crippen molar-refractivity contribution in [3.63, 3.8) is 0 Å². The number of nitrogens with zero attached hydrogens (tertiary/aromatic N) is 2. The number of nitrogens with one attached hydrogen (secondary N) is 1. The number of rotatable bonds is 2. The minimum Gasteiger partial charge on any atom is -0.444 e. The first-order valence-corrected chi connectivity index (χ1v) is 9.17. The van der Waals surface area contributed by atoms with Crippen LogP contribution < -0.4 is 5.32 Å². The topological polar surface area (TPSA) is 44.8 Å². The SMILES string of the molecule is CC1CN(C)CCC1NC1CCCN(C(=O)OC(C)(C)C)CC1. The second-order valence-electron chi connectivity index (χ2n) is 8.40. The summed E-state index contributed by atoms with van der Waals surface area (Å²) in [4.78, 5) is 16.5. The normalized spacial score (nSPS) is 30.8. The lowest BCUT2D eigenvalue weighted by Crippen LogP contribution is -2.50. The molecule has 5 heteroatoms. The van der Waals surface area contributed by atoms with Gasteiger partial charge in [0.15, 0.2) is 0 Å². The zero-order chi connectivity index (χ0) is 17.0. The minimum atomic E-state index is -0.412. The summed E-state index contributed by atoms with van der Waals surface area (Å²) in [6.07, 6.45) is 4.30. The predicted molar refractivity (Wildman–Crippen MR) is 93.6 cm³/mol. The minimum absolute atomic E-state index is 0.161. The lowest BCUT2D eigenvalue weighted by atomic mass is 9.92. The Balaban J connectivity index is 1.80. The van der Waals surface area contributed by atoms with E-state index in [0.717, 1.165) is 32.4 Å². The highest BCUT2D eigenvalue weighted by Crippen LogP contribution is 2.20. The maximum atomic E-state index is 12.2. The Morgan fingerprint density at radius 2 is 1.87 bits per heavy atom. The van der Waals surface area contributed by atoms with Crippen molar-refractivity contribution in [2.24, 2.45) is 5.92 Å². The molecule has 1 amide bonds. The van der Waals surface area contributed by atoms with Gasteiger partial charge in [-0.15, -0.1) is 0 Å². The molecule has 0 aliphatic carbocycles. The third-order valence-corrected chi connectivity index (χ3v) is 4.94. The van der Waals surface area contributed by atoms with Crippen LogP contribution in [0.25, 0.3) is 0 Å². The summed E-state index contributed by atoms with van der Waals surface area (Å²) in [5.74, 6) is 0.693. The van der Waals surface area contributed by atoms with Gasteiger partial charge in [-0.05, 0) is 66.0 Å². The second-order valence-corrected chi connectivity index (χ2v) is 8.40. The van der Waals surface area contributed by atoms with Crippen molar-refractivity contribution in [2.75, 3.05) is 33.2 Å². The van der Waals surface area contributed by atoms with E-state index in [4.69, 9.17) is 4.74 Å². The van der Waals surface area contributed by atoms with Gasteiger partial charge in [-0.25, -0.2) is 4.79 Å². The fraction of sp³-hybridized carbons (Fsp3) is 0.944. The largest absolute Gasteiger partial charge is 0.444 e. The smallest absolute Gasteiger partial charge is 0.410 e. The average Bonchev–Trinajstić information content (AvgIpc) is 2.66. The number of hydrogen-bond donors (Lipinski definition) is 1. The Hall–Kier alpha value is -0.810. The molecule has 3 atom stereocenters. The fourth-order valence-corrected chi connectivity index (χ4v) is 3.68. The van der Waals surface area contributed by atoms with Gasteiger partial charge in [0, 0.05) is 31.7 Å². The van der Waals surface area contributed by atoms with E-state index < -0.39 is 5.60 Å². The molecule has 2 aliphatic rings. The van der Waals surface area contributed by atoms with Crippen molar-refractivity contribution in [1.29, 1.82) is 0 Å². The molecule has 134 valence electrons. The standard InChI is InChI=1S/C18H35N3O2/c1-14-13-20(5)11-9-16(14)19-15-7-6-10-21(12-8-15)17(22)23-18(2,3)4/h14-16,19H,6-13H2,1-5H3. The van der Waals surface area contributed by atoms with E-state index in [1.807, 2.05) is 25.7 Å². The number of carbonyl (C=O) groups excluding carboxylic acids is 1. The van der Waals surface area contributed by atoms with Crippen molar-refractivity contribution in [1.82, 2.24) is 15.1 Å². The summed E-state index contributed by atoms with van der Waals surface area (Å²) in [5.41, 5.74) is -0.412. The summed E-state index contributed by atoms with van der Waals surface area (Å²) in [6.45, 7) is 12.1. The number of likely N-dealkylation sites (tertiary alicyclic amines) is 2. The molecule has 0 saturated carbocycles. The molecule has 1 N–H and O–H groups in total. The van der Waals surface area contributed by atoms with E-state index in [-0.39, 0.29) is 6.09 Å². The molecule has 0 spiro atoms. The van der Waals surface area contributed by atoms with Crippen LogP contribution in [0, 0.1) is 5.92 Å². The van der Waals surface area contributed by atoms with Crippen molar-refractivity contribution in [2.45, 2.75) is 71.1 Å². The molecule has 3 unspecified atom stereocenters. The molecule has 23 heavy (non-hydrogen) atoms. The van der Waals surface area contributed by atoms with E-state index in [2.05, 4.69) is 24.2 Å². The Labute approximate surface area is 141 Å². The highest BCUT2D eigenvalue weighted by molar-refractivity contribution is 5.68. The van der Waals surface area contributed by atoms with E-state index in [9.17, 15) is 4.79 Å². The van der Waals surface area contributed by atoms with Crippen LogP contribution in [0.2, 0.25) is 0 Å². The highest BCUT2D eigenvalue weighted by Gasteiger charge is 2.29. The third-order valence-electron chi connectivity index (χ3n) is 4.94. The molecule has 0 aromatic heterocycles. The van der Waals surface area contributed by atoms with Crippen LogP contribution in [0.5, 0.6) is 0 Å². The number of amides is 1. The number of ether oxygens (including phenoxy) is 1. The molecule has 0 bridgehead atoms. The van der Waals surface area contributed by atoms with Crippen molar-refractivity contribution < 1.29 is 9.53 Å². The average molecular weight is 325 g/mol. The van der Waals surface area contributed by atoms with Crippen molar-refractivity contribution >= 4 is 6.09 Å². The van der Waals surface area contributed by atoms with Crippen LogP contribution in [0.15, 0.2) is 0 Å². The summed E-state index contributed by atoms with van der Waals surface area (Å²) in [5, 5.41) is 3.87. The second kappa shape index (κ2) is 7.84. The van der Waals surface area contributed by atoms with Gasteiger partial charge in [0.05, 0.1) is 0 Å². The van der Waals surface area contributed by atoms with E-state index in [0.29, 0.717) is 18.0 Å². The van der Waals surface area contributed by atoms with E-state index >= 15 is 0 Å². The summed E-state index contributed by atoms with van der Waals surface area (Å²) in [7, 11) is 2.21. The van der Waals surface area contributed by atoms with Gasteiger partial charge in [-0.2, -0.15) is 0 Å². The molecule has 0 aromatic rings. The van der Waals surface area contributed by atoms with Gasteiger partial charge < -0.3 is 19.9 Å². The quantitative estimate of drug-likeness (QED) is 0.848. The number of carbonyl (C=O) groups is 1. The summed E-state index contributed by atoms with van der Waals surface area (Å²) < 4.78 is 5.51. The molecule has 2 saturated heterocycles. The van der Waals surface area contributed by atoms with Gasteiger partial charge in [0.1, 0.15) is 5.60 Å². The molecule has 2 heterocycles. The Morgan fingerprint density at radius 3 is 2.52 bits per heavy atom. The maximum absolute atomic E-state index is 12.2. The molecular formula is C18H35N3O2. The van der Waals surface area contributed by atoms with Gasteiger partial charge >= 0.3 is 6.09 Å². The number of hydrogen-bond acceptors (Lipinski definition) is 4. The van der Waals surface area contributed by atoms with Crippen LogP contribution in [-0.2, 0) is 4.74 Å². The first kappa shape index (κ1) is 18.5. The maximum Gasteiger partial charge on any atom is 0.410 e.